The first-order valence-corrected chi connectivity index (χ1v) is 16.9. The summed E-state index contributed by atoms with van der Waals surface area (Å²) < 4.78 is 15.8. The van der Waals surface area contributed by atoms with Crippen molar-refractivity contribution < 1.29 is 43.2 Å². The van der Waals surface area contributed by atoms with E-state index in [1.165, 1.54) is 24.3 Å². The molecule has 0 aliphatic heterocycles. The van der Waals surface area contributed by atoms with Crippen LogP contribution < -0.4 is 15.2 Å². The van der Waals surface area contributed by atoms with Crippen LogP contribution in [0.15, 0.2) is 54.6 Å². The number of nitrogens with one attached hydrogen (secondary N) is 2. The van der Waals surface area contributed by atoms with E-state index < -0.39 is 37.7 Å². The van der Waals surface area contributed by atoms with Crippen LogP contribution in [-0.4, -0.2) is 68.7 Å². The minimum Gasteiger partial charge on any atom is -0.481 e. The highest BCUT2D eigenvalue weighted by Gasteiger charge is 2.30. The topological polar surface area (TPSA) is 183 Å². The first kappa shape index (κ1) is 37.5. The van der Waals surface area contributed by atoms with Crippen LogP contribution in [0.25, 0.3) is 0 Å². The monoisotopic (exact) mass is 647 g/mol. The van der Waals surface area contributed by atoms with Crippen LogP contribution in [0, 0.1) is 0 Å². The molecule has 0 aliphatic rings. The molecule has 0 saturated heterocycles. The van der Waals surface area contributed by atoms with Gasteiger partial charge in [-0.25, -0.2) is 4.57 Å². The first-order chi connectivity index (χ1) is 21.4. The standard InChI is InChI=1S/C32H46N3O9P/c1-3-5-10-20-35(21-11-6-4-2)32(40)27(18-19-30(37)38)34-31(39)28(33-29(36)23-24-12-8-7-9-13-24)22-25-14-16-26(17-15-25)44-45(41,42)43/h7-9,12-17,27-28H,3-6,10-11,18-23H2,1-2H3,(H,33,36)(H,34,39)(H,37,38)(H2,41,42,43)/t27-,28-/m0/s1. The van der Waals surface area contributed by atoms with Crippen molar-refractivity contribution in [1.82, 2.24) is 15.5 Å². The SMILES string of the molecule is CCCCCN(CCCCC)C(=O)[C@H](CCC(=O)O)NC(=O)[C@H](Cc1ccc(OP(=O)(O)O)cc1)NC(=O)Cc1ccccc1. The quantitative estimate of drug-likeness (QED) is 0.0988. The summed E-state index contributed by atoms with van der Waals surface area (Å²) in [5, 5.41) is 14.8. The highest BCUT2D eigenvalue weighted by Crippen LogP contribution is 2.37. The molecule has 3 amide bonds. The summed E-state index contributed by atoms with van der Waals surface area (Å²) >= 11 is 0. The van der Waals surface area contributed by atoms with Gasteiger partial charge in [-0.2, -0.15) is 0 Å². The van der Waals surface area contributed by atoms with Gasteiger partial charge in [0.15, 0.2) is 0 Å². The van der Waals surface area contributed by atoms with Gasteiger partial charge in [-0.05, 0) is 42.5 Å². The lowest BCUT2D eigenvalue weighted by Crippen LogP contribution is -2.55. The van der Waals surface area contributed by atoms with Gasteiger partial charge in [0.05, 0.1) is 6.42 Å². The number of aliphatic carboxylic acids is 1. The zero-order valence-corrected chi connectivity index (χ0v) is 26.9. The number of carboxylic acids is 1. The van der Waals surface area contributed by atoms with Crippen molar-refractivity contribution in [3.8, 4) is 5.75 Å². The molecule has 5 N–H and O–H groups in total. The van der Waals surface area contributed by atoms with E-state index in [1.807, 2.05) is 6.07 Å². The predicted molar refractivity (Wildman–Crippen MR) is 169 cm³/mol. The van der Waals surface area contributed by atoms with Gasteiger partial charge in [-0.3, -0.25) is 29.0 Å². The molecule has 0 bridgehead atoms. The Morgan fingerprint density at radius 1 is 0.822 bits per heavy atom. The Balaban J connectivity index is 2.30. The Morgan fingerprint density at radius 3 is 1.96 bits per heavy atom. The fourth-order valence-corrected chi connectivity index (χ4v) is 5.15. The summed E-state index contributed by atoms with van der Waals surface area (Å²) in [7, 11) is -4.76. The van der Waals surface area contributed by atoms with E-state index in [-0.39, 0.29) is 37.3 Å². The van der Waals surface area contributed by atoms with Crippen LogP contribution in [0.2, 0.25) is 0 Å². The van der Waals surface area contributed by atoms with Gasteiger partial charge in [0.25, 0.3) is 0 Å². The van der Waals surface area contributed by atoms with Crippen molar-refractivity contribution >= 4 is 31.5 Å². The van der Waals surface area contributed by atoms with Crippen molar-refractivity contribution in [1.29, 1.82) is 0 Å². The second-order valence-corrected chi connectivity index (χ2v) is 12.1. The number of benzene rings is 2. The molecule has 0 aromatic heterocycles. The van der Waals surface area contributed by atoms with Gasteiger partial charge in [0.2, 0.25) is 17.7 Å². The molecule has 248 valence electrons. The van der Waals surface area contributed by atoms with Crippen LogP contribution in [0.3, 0.4) is 0 Å². The van der Waals surface area contributed by atoms with Crippen molar-refractivity contribution in [3.63, 3.8) is 0 Å². The summed E-state index contributed by atoms with van der Waals surface area (Å²) in [4.78, 5) is 71.7. The molecule has 0 heterocycles. The van der Waals surface area contributed by atoms with Gasteiger partial charge in [-0.15, -0.1) is 0 Å². The van der Waals surface area contributed by atoms with Gasteiger partial charge in [0.1, 0.15) is 17.8 Å². The van der Waals surface area contributed by atoms with Gasteiger partial charge < -0.3 is 25.2 Å². The lowest BCUT2D eigenvalue weighted by molar-refractivity contribution is -0.140. The van der Waals surface area contributed by atoms with Gasteiger partial charge in [0, 0.05) is 25.9 Å². The number of unbranched alkanes of at least 4 members (excludes halogenated alkanes) is 4. The maximum absolute atomic E-state index is 13.7. The van der Waals surface area contributed by atoms with E-state index in [2.05, 4.69) is 29.0 Å². The molecular weight excluding hydrogens is 601 g/mol. The van der Waals surface area contributed by atoms with E-state index in [1.54, 1.807) is 29.2 Å². The molecule has 0 spiro atoms. The molecule has 2 aromatic carbocycles. The highest BCUT2D eigenvalue weighted by atomic mass is 31.2. The third-order valence-corrected chi connectivity index (χ3v) is 7.53. The number of phosphoric ester groups is 1. The van der Waals surface area contributed by atoms with Crippen LogP contribution >= 0.6 is 7.82 Å². The Kier molecular flexibility index (Phi) is 16.3. The molecule has 13 heteroatoms. The normalized spacial score (nSPS) is 12.5. The number of rotatable bonds is 21. The second kappa shape index (κ2) is 19.6. The summed E-state index contributed by atoms with van der Waals surface area (Å²) in [6, 6.07) is 12.4. The largest absolute Gasteiger partial charge is 0.524 e. The molecule has 2 aromatic rings. The lowest BCUT2D eigenvalue weighted by atomic mass is 10.0. The summed E-state index contributed by atoms with van der Waals surface area (Å²) in [6.07, 6.45) is 4.90. The van der Waals surface area contributed by atoms with Crippen LogP contribution in [0.4, 0.5) is 0 Å². The van der Waals surface area contributed by atoms with Gasteiger partial charge >= 0.3 is 13.8 Å². The lowest BCUT2D eigenvalue weighted by Gasteiger charge is -2.29. The fourth-order valence-electron chi connectivity index (χ4n) is 4.75. The third-order valence-electron chi connectivity index (χ3n) is 7.08. The van der Waals surface area contributed by atoms with E-state index in [0.29, 0.717) is 18.7 Å². The van der Waals surface area contributed by atoms with Crippen LogP contribution in [0.5, 0.6) is 5.75 Å². The third kappa shape index (κ3) is 15.2. The number of nitrogens with zero attached hydrogens (tertiary/aromatic N) is 1. The predicted octanol–water partition coefficient (Wildman–Crippen LogP) is 3.99. The minimum atomic E-state index is -4.76. The number of amides is 3. The number of carboxylic acid groups (broad SMARTS) is 1. The summed E-state index contributed by atoms with van der Waals surface area (Å²) in [5.74, 6) is -2.62. The smallest absolute Gasteiger partial charge is 0.481 e. The molecule has 0 radical (unpaired) electrons. The Hall–Kier alpha value is -3.73. The van der Waals surface area contributed by atoms with Crippen molar-refractivity contribution in [2.45, 2.75) is 90.1 Å². The molecule has 0 unspecified atom stereocenters. The van der Waals surface area contributed by atoms with E-state index >= 15 is 0 Å². The molecule has 12 nitrogen and oxygen atoms in total. The van der Waals surface area contributed by atoms with Crippen LogP contribution in [-0.2, 0) is 36.6 Å². The average Bonchev–Trinajstić information content (AvgIpc) is 2.98. The zero-order chi connectivity index (χ0) is 33.2. The molecule has 0 saturated carbocycles. The zero-order valence-electron chi connectivity index (χ0n) is 26.0. The van der Waals surface area contributed by atoms with Crippen molar-refractivity contribution in [2.24, 2.45) is 0 Å². The highest BCUT2D eigenvalue weighted by molar-refractivity contribution is 7.46. The molecular formula is C32H46N3O9P. The second-order valence-electron chi connectivity index (χ2n) is 10.9. The number of carbonyl (C=O) groups is 4. The van der Waals surface area contributed by atoms with Crippen molar-refractivity contribution in [2.75, 3.05) is 13.1 Å². The Labute approximate surface area is 264 Å². The van der Waals surface area contributed by atoms with E-state index in [4.69, 9.17) is 9.79 Å². The number of hydrogen-bond donors (Lipinski definition) is 5. The summed E-state index contributed by atoms with van der Waals surface area (Å²) in [5.41, 5.74) is 1.28. The summed E-state index contributed by atoms with van der Waals surface area (Å²) in [6.45, 7) is 5.11. The van der Waals surface area contributed by atoms with Crippen molar-refractivity contribution in [3.05, 3.63) is 65.7 Å². The maximum Gasteiger partial charge on any atom is 0.524 e. The Bertz CT molecular complexity index is 1260. The molecule has 0 aliphatic carbocycles. The number of phosphoric acid groups is 1. The van der Waals surface area contributed by atoms with Crippen LogP contribution in [0.1, 0.15) is 76.3 Å². The van der Waals surface area contributed by atoms with E-state index in [9.17, 15) is 28.8 Å². The maximum atomic E-state index is 13.7. The number of hydrogen-bond acceptors (Lipinski definition) is 6. The minimum absolute atomic E-state index is 0.00366. The fraction of sp³-hybridized carbons (Fsp3) is 0.500. The molecule has 0 fully saturated rings. The average molecular weight is 648 g/mol. The molecule has 2 rings (SSSR count). The van der Waals surface area contributed by atoms with Gasteiger partial charge in [-0.1, -0.05) is 82.0 Å². The first-order valence-electron chi connectivity index (χ1n) is 15.4. The van der Waals surface area contributed by atoms with E-state index in [0.717, 1.165) is 44.1 Å². The molecule has 45 heavy (non-hydrogen) atoms. The number of carbonyl (C=O) groups excluding carboxylic acids is 3. The Morgan fingerprint density at radius 2 is 1.42 bits per heavy atom. The molecule has 2 atom stereocenters.